The van der Waals surface area contributed by atoms with Crippen molar-refractivity contribution in [3.8, 4) is 0 Å². The van der Waals surface area contributed by atoms with Crippen LogP contribution in [0.3, 0.4) is 0 Å². The summed E-state index contributed by atoms with van der Waals surface area (Å²) >= 11 is 5.05. The van der Waals surface area contributed by atoms with Crippen molar-refractivity contribution in [3.05, 3.63) is 0 Å². The molecule has 1 heterocycles. The highest BCUT2D eigenvalue weighted by Gasteiger charge is 2.35. The van der Waals surface area contributed by atoms with Gasteiger partial charge >= 0.3 is 0 Å². The molecule has 0 aromatic rings. The lowest BCUT2D eigenvalue weighted by Gasteiger charge is -2.43. The van der Waals surface area contributed by atoms with Gasteiger partial charge in [-0.05, 0) is 13.8 Å². The van der Waals surface area contributed by atoms with Crippen molar-refractivity contribution < 1.29 is 8.42 Å². The summed E-state index contributed by atoms with van der Waals surface area (Å²) in [7, 11) is -0.229. The minimum Gasteiger partial charge on any atom is -0.392 e. The van der Waals surface area contributed by atoms with Gasteiger partial charge in [0.2, 0.25) is 0 Å². The molecule has 1 aliphatic heterocycles. The summed E-state index contributed by atoms with van der Waals surface area (Å²) in [5, 5.41) is 0. The molecule has 106 valence electrons. The van der Waals surface area contributed by atoms with E-state index in [0.29, 0.717) is 31.2 Å². The molecule has 0 aliphatic carbocycles. The van der Waals surface area contributed by atoms with Gasteiger partial charge in [-0.3, -0.25) is 4.90 Å². The largest absolute Gasteiger partial charge is 0.392 e. The molecule has 6 nitrogen and oxygen atoms in total. The summed E-state index contributed by atoms with van der Waals surface area (Å²) in [5.41, 5.74) is 5.35. The molecular formula is C10H22N4O2S2. The average Bonchev–Trinajstić information content (AvgIpc) is 2.28. The van der Waals surface area contributed by atoms with E-state index in [1.807, 2.05) is 13.8 Å². The molecule has 2 N–H and O–H groups in total. The van der Waals surface area contributed by atoms with Crippen LogP contribution in [0.15, 0.2) is 0 Å². The second-order valence-corrected chi connectivity index (χ2v) is 7.68. The maximum atomic E-state index is 12.0. The normalized spacial score (nSPS) is 20.3. The summed E-state index contributed by atoms with van der Waals surface area (Å²) in [5.74, 6) is 0. The van der Waals surface area contributed by atoms with Gasteiger partial charge in [0.25, 0.3) is 10.2 Å². The van der Waals surface area contributed by atoms with Crippen molar-refractivity contribution in [2.45, 2.75) is 19.4 Å². The van der Waals surface area contributed by atoms with Crippen LogP contribution < -0.4 is 5.73 Å². The van der Waals surface area contributed by atoms with Gasteiger partial charge in [-0.2, -0.15) is 17.0 Å². The van der Waals surface area contributed by atoms with Crippen molar-refractivity contribution in [1.29, 1.82) is 0 Å². The Morgan fingerprint density at radius 3 is 2.00 bits per heavy atom. The number of hydrogen-bond acceptors (Lipinski definition) is 4. The van der Waals surface area contributed by atoms with Crippen molar-refractivity contribution >= 4 is 27.4 Å². The van der Waals surface area contributed by atoms with Crippen molar-refractivity contribution in [1.82, 2.24) is 13.5 Å². The fourth-order valence-electron chi connectivity index (χ4n) is 1.86. The molecule has 0 saturated carbocycles. The maximum absolute atomic E-state index is 12.0. The topological polar surface area (TPSA) is 69.9 Å². The second-order valence-electron chi connectivity index (χ2n) is 5.10. The molecule has 0 radical (unpaired) electrons. The highest BCUT2D eigenvalue weighted by atomic mass is 32.2. The van der Waals surface area contributed by atoms with Crippen LogP contribution in [0.2, 0.25) is 0 Å². The molecule has 0 bridgehead atoms. The smallest absolute Gasteiger partial charge is 0.281 e. The second kappa shape index (κ2) is 5.38. The number of piperazine rings is 1. The highest BCUT2D eigenvalue weighted by Crippen LogP contribution is 2.19. The minimum atomic E-state index is -3.31. The Morgan fingerprint density at radius 2 is 1.67 bits per heavy atom. The number of rotatable bonds is 4. The zero-order valence-electron chi connectivity index (χ0n) is 11.4. The van der Waals surface area contributed by atoms with Gasteiger partial charge in [0, 0.05) is 40.3 Å². The van der Waals surface area contributed by atoms with E-state index in [2.05, 4.69) is 4.90 Å². The summed E-state index contributed by atoms with van der Waals surface area (Å²) < 4.78 is 26.6. The van der Waals surface area contributed by atoms with Crippen LogP contribution in [-0.2, 0) is 10.2 Å². The third-order valence-corrected chi connectivity index (χ3v) is 5.86. The van der Waals surface area contributed by atoms with Crippen LogP contribution in [0.1, 0.15) is 13.8 Å². The van der Waals surface area contributed by atoms with E-state index in [1.165, 1.54) is 8.61 Å². The first-order chi connectivity index (χ1) is 8.10. The van der Waals surface area contributed by atoms with E-state index in [-0.39, 0.29) is 5.54 Å². The summed E-state index contributed by atoms with van der Waals surface area (Å²) in [4.78, 5) is 2.56. The van der Waals surface area contributed by atoms with Crippen LogP contribution >= 0.6 is 12.2 Å². The Hall–Kier alpha value is -0.280. The van der Waals surface area contributed by atoms with Gasteiger partial charge in [0.05, 0.1) is 10.5 Å². The fourth-order valence-corrected chi connectivity index (χ4v) is 3.08. The van der Waals surface area contributed by atoms with Crippen LogP contribution in [0.5, 0.6) is 0 Å². The first-order valence-corrected chi connectivity index (χ1v) is 7.63. The Morgan fingerprint density at radius 1 is 1.22 bits per heavy atom. The van der Waals surface area contributed by atoms with Gasteiger partial charge in [0.15, 0.2) is 0 Å². The lowest BCUT2D eigenvalue weighted by atomic mass is 10.0. The SMILES string of the molecule is CN(C)S(=O)(=O)N1CCN(C(C)(C)C(N)=S)CC1. The van der Waals surface area contributed by atoms with Crippen molar-refractivity contribution in [3.63, 3.8) is 0 Å². The predicted octanol–water partition coefficient (Wildman–Crippen LogP) is -0.525. The van der Waals surface area contributed by atoms with Crippen LogP contribution in [-0.4, -0.2) is 72.7 Å². The predicted molar refractivity (Wildman–Crippen MR) is 76.6 cm³/mol. The molecule has 1 saturated heterocycles. The van der Waals surface area contributed by atoms with Crippen molar-refractivity contribution in [2.24, 2.45) is 5.73 Å². The number of thiocarbonyl (C=S) groups is 1. The first-order valence-electron chi connectivity index (χ1n) is 5.82. The molecule has 0 atom stereocenters. The number of nitrogens with two attached hydrogens (primary N) is 1. The standard InChI is InChI=1S/C10H22N4O2S2/c1-10(2,9(11)17)13-5-7-14(8-6-13)18(15,16)12(3)4/h5-8H2,1-4H3,(H2,11,17). The monoisotopic (exact) mass is 294 g/mol. The third kappa shape index (κ3) is 3.00. The quantitative estimate of drug-likeness (QED) is 0.706. The molecule has 1 rings (SSSR count). The molecular weight excluding hydrogens is 272 g/mol. The lowest BCUT2D eigenvalue weighted by Crippen LogP contribution is -2.60. The Bertz CT molecular complexity index is 412. The van der Waals surface area contributed by atoms with Crippen LogP contribution in [0, 0.1) is 0 Å². The van der Waals surface area contributed by atoms with E-state index in [1.54, 1.807) is 14.1 Å². The Labute approximate surface area is 115 Å². The Kier molecular flexibility index (Phi) is 4.71. The van der Waals surface area contributed by atoms with Crippen LogP contribution in [0.25, 0.3) is 0 Å². The maximum Gasteiger partial charge on any atom is 0.281 e. The van der Waals surface area contributed by atoms with E-state index in [9.17, 15) is 8.42 Å². The highest BCUT2D eigenvalue weighted by molar-refractivity contribution is 7.86. The lowest BCUT2D eigenvalue weighted by molar-refractivity contribution is 0.121. The first kappa shape index (κ1) is 15.8. The van der Waals surface area contributed by atoms with E-state index >= 15 is 0 Å². The summed E-state index contributed by atoms with van der Waals surface area (Å²) in [6.45, 7) is 6.13. The molecule has 0 spiro atoms. The van der Waals surface area contributed by atoms with Gasteiger partial charge in [-0.1, -0.05) is 12.2 Å². The average molecular weight is 294 g/mol. The Balaban J connectivity index is 2.71. The molecule has 18 heavy (non-hydrogen) atoms. The van der Waals surface area contributed by atoms with E-state index in [0.717, 1.165) is 0 Å². The zero-order valence-corrected chi connectivity index (χ0v) is 13.0. The van der Waals surface area contributed by atoms with Gasteiger partial charge in [-0.15, -0.1) is 0 Å². The molecule has 8 heteroatoms. The number of nitrogens with zero attached hydrogens (tertiary/aromatic N) is 3. The summed E-state index contributed by atoms with van der Waals surface area (Å²) in [6, 6.07) is 0. The van der Waals surface area contributed by atoms with E-state index < -0.39 is 10.2 Å². The van der Waals surface area contributed by atoms with Gasteiger partial charge in [0.1, 0.15) is 0 Å². The molecule has 0 unspecified atom stereocenters. The zero-order chi connectivity index (χ0) is 14.1. The van der Waals surface area contributed by atoms with Crippen molar-refractivity contribution in [2.75, 3.05) is 40.3 Å². The minimum absolute atomic E-state index is 0.372. The summed E-state index contributed by atoms with van der Waals surface area (Å²) in [6.07, 6.45) is 0. The molecule has 0 amide bonds. The molecule has 0 aromatic carbocycles. The fraction of sp³-hybridized carbons (Fsp3) is 0.900. The molecule has 1 aliphatic rings. The van der Waals surface area contributed by atoms with E-state index in [4.69, 9.17) is 18.0 Å². The third-order valence-electron chi connectivity index (χ3n) is 3.42. The number of hydrogen-bond donors (Lipinski definition) is 1. The van der Waals surface area contributed by atoms with Gasteiger partial charge in [-0.25, -0.2) is 0 Å². The molecule has 1 fully saturated rings. The molecule has 0 aromatic heterocycles. The van der Waals surface area contributed by atoms with Gasteiger partial charge < -0.3 is 5.73 Å². The van der Waals surface area contributed by atoms with Crippen LogP contribution in [0.4, 0.5) is 0 Å².